The van der Waals surface area contributed by atoms with Crippen LogP contribution in [0.25, 0.3) is 0 Å². The van der Waals surface area contributed by atoms with E-state index in [1.165, 1.54) is 18.4 Å². The van der Waals surface area contributed by atoms with Crippen molar-refractivity contribution in [1.82, 2.24) is 4.98 Å². The van der Waals surface area contributed by atoms with Gasteiger partial charge in [0.15, 0.2) is 11.3 Å². The van der Waals surface area contributed by atoms with Crippen LogP contribution < -0.4 is 0 Å². The summed E-state index contributed by atoms with van der Waals surface area (Å²) in [6.07, 6.45) is 0.625. The number of hydrogen-bond acceptors (Lipinski definition) is 5. The summed E-state index contributed by atoms with van der Waals surface area (Å²) in [6.45, 7) is 0. The Labute approximate surface area is 78.6 Å². The summed E-state index contributed by atoms with van der Waals surface area (Å²) in [7, 11) is 1.25. The molecule has 0 aromatic carbocycles. The number of carbonyl (C=O) groups is 2. The zero-order valence-electron chi connectivity index (χ0n) is 6.73. The van der Waals surface area contributed by atoms with E-state index in [1.807, 2.05) is 0 Å². The predicted octanol–water partition coefficient (Wildman–Crippen LogP) is 0.480. The van der Waals surface area contributed by atoms with Crippen molar-refractivity contribution in [3.63, 3.8) is 0 Å². The highest BCUT2D eigenvalue weighted by molar-refractivity contribution is 7.10. The Balaban J connectivity index is 2.77. The number of ether oxygens (including phenoxy) is 1. The molecule has 0 saturated heterocycles. The molecular weight excluding hydrogens is 190 g/mol. The van der Waals surface area contributed by atoms with Gasteiger partial charge in [-0.15, -0.1) is 11.3 Å². The monoisotopic (exact) mass is 195 g/mol. The molecule has 0 bridgehead atoms. The summed E-state index contributed by atoms with van der Waals surface area (Å²) in [5.74, 6) is 4.06. The lowest BCUT2D eigenvalue weighted by Gasteiger charge is -1.82. The fraction of sp³-hybridized carbons (Fsp3) is 0.125. The molecule has 1 rings (SSSR count). The largest absolute Gasteiger partial charge is 0.459 e. The molecule has 13 heavy (non-hydrogen) atoms. The standard InChI is InChI=1S/C8H5NO3S/c1-12-8(11)3-2-7-9-6(4-10)5-13-7/h4-5H,1H3. The third-order valence-electron chi connectivity index (χ3n) is 1.10. The molecular formula is C8H5NO3S. The van der Waals surface area contributed by atoms with Gasteiger partial charge in [0.05, 0.1) is 7.11 Å². The number of nitrogens with zero attached hydrogens (tertiary/aromatic N) is 1. The van der Waals surface area contributed by atoms with Crippen molar-refractivity contribution in [3.05, 3.63) is 16.1 Å². The molecule has 0 fully saturated rings. The number of thiazole rings is 1. The molecule has 0 unspecified atom stereocenters. The van der Waals surface area contributed by atoms with Gasteiger partial charge in [0.2, 0.25) is 0 Å². The van der Waals surface area contributed by atoms with Crippen LogP contribution in [0.2, 0.25) is 0 Å². The quantitative estimate of drug-likeness (QED) is 0.371. The molecule has 4 nitrogen and oxygen atoms in total. The molecule has 0 aliphatic carbocycles. The first-order valence-corrected chi connectivity index (χ1v) is 4.15. The summed E-state index contributed by atoms with van der Waals surface area (Å²) >= 11 is 1.20. The maximum atomic E-state index is 10.6. The molecule has 0 aliphatic heterocycles. The van der Waals surface area contributed by atoms with Crippen molar-refractivity contribution in [2.24, 2.45) is 0 Å². The van der Waals surface area contributed by atoms with Gasteiger partial charge in [-0.05, 0) is 5.92 Å². The van der Waals surface area contributed by atoms with Crippen molar-refractivity contribution in [3.8, 4) is 11.8 Å². The minimum atomic E-state index is -0.622. The van der Waals surface area contributed by atoms with Crippen LogP contribution in [0.5, 0.6) is 0 Å². The average Bonchev–Trinajstić information content (AvgIpc) is 2.61. The van der Waals surface area contributed by atoms with Crippen LogP contribution in [0.15, 0.2) is 5.38 Å². The molecule has 1 aromatic rings. The fourth-order valence-electron chi connectivity index (χ4n) is 0.553. The van der Waals surface area contributed by atoms with Gasteiger partial charge in [0.25, 0.3) is 0 Å². The first-order valence-electron chi connectivity index (χ1n) is 3.27. The Morgan fingerprint density at radius 2 is 2.54 bits per heavy atom. The van der Waals surface area contributed by atoms with Crippen molar-refractivity contribution < 1.29 is 14.3 Å². The summed E-state index contributed by atoms with van der Waals surface area (Å²) in [5.41, 5.74) is 0.319. The van der Waals surface area contributed by atoms with Crippen LogP contribution in [0.1, 0.15) is 15.5 Å². The highest BCUT2D eigenvalue weighted by atomic mass is 32.1. The SMILES string of the molecule is COC(=O)C#Cc1nc(C=O)cs1. The molecule has 0 spiro atoms. The molecule has 66 valence electrons. The normalized spacial score (nSPS) is 8.38. The highest BCUT2D eigenvalue weighted by Gasteiger charge is 1.97. The molecule has 1 aromatic heterocycles. The molecule has 0 amide bonds. The number of hydrogen-bond donors (Lipinski definition) is 0. The van der Waals surface area contributed by atoms with Crippen LogP contribution in [-0.2, 0) is 9.53 Å². The molecule has 0 aliphatic rings. The number of rotatable bonds is 1. The van der Waals surface area contributed by atoms with E-state index < -0.39 is 5.97 Å². The average molecular weight is 195 g/mol. The van der Waals surface area contributed by atoms with Crippen LogP contribution in [-0.4, -0.2) is 24.3 Å². The summed E-state index contributed by atoms with van der Waals surface area (Å²) in [6, 6.07) is 0. The van der Waals surface area contributed by atoms with Crippen molar-refractivity contribution in [2.75, 3.05) is 7.11 Å². The number of methoxy groups -OCH3 is 1. The highest BCUT2D eigenvalue weighted by Crippen LogP contribution is 2.05. The number of carbonyl (C=O) groups excluding carboxylic acids is 2. The maximum Gasteiger partial charge on any atom is 0.384 e. The zero-order chi connectivity index (χ0) is 9.68. The van der Waals surface area contributed by atoms with Crippen LogP contribution >= 0.6 is 11.3 Å². The minimum absolute atomic E-state index is 0.319. The molecule has 0 saturated carbocycles. The minimum Gasteiger partial charge on any atom is -0.459 e. The van der Waals surface area contributed by atoms with E-state index in [-0.39, 0.29) is 0 Å². The Morgan fingerprint density at radius 1 is 1.77 bits per heavy atom. The predicted molar refractivity (Wildman–Crippen MR) is 46.4 cm³/mol. The second-order valence-corrected chi connectivity index (χ2v) is 2.80. The summed E-state index contributed by atoms with van der Waals surface area (Å²) in [5, 5.41) is 1.99. The topological polar surface area (TPSA) is 56.3 Å². The molecule has 5 heteroatoms. The van der Waals surface area contributed by atoms with Gasteiger partial charge in [-0.3, -0.25) is 4.79 Å². The first-order chi connectivity index (χ1) is 6.26. The van der Waals surface area contributed by atoms with Gasteiger partial charge in [-0.25, -0.2) is 9.78 Å². The van der Waals surface area contributed by atoms with Crippen LogP contribution in [0.3, 0.4) is 0 Å². The fourth-order valence-corrected chi connectivity index (χ4v) is 1.16. The lowest BCUT2D eigenvalue weighted by atomic mass is 10.5. The third kappa shape index (κ3) is 2.69. The van der Waals surface area contributed by atoms with E-state index in [2.05, 4.69) is 21.6 Å². The van der Waals surface area contributed by atoms with Gasteiger partial charge in [-0.2, -0.15) is 0 Å². The Bertz CT molecular complexity index is 386. The lowest BCUT2D eigenvalue weighted by Crippen LogP contribution is -1.94. The smallest absolute Gasteiger partial charge is 0.384 e. The number of aromatic nitrogens is 1. The Kier molecular flexibility index (Phi) is 3.17. The third-order valence-corrected chi connectivity index (χ3v) is 1.88. The van der Waals surface area contributed by atoms with E-state index in [4.69, 9.17) is 0 Å². The van der Waals surface area contributed by atoms with Crippen molar-refractivity contribution in [2.45, 2.75) is 0 Å². The van der Waals surface area contributed by atoms with Gasteiger partial charge in [-0.1, -0.05) is 0 Å². The van der Waals surface area contributed by atoms with E-state index >= 15 is 0 Å². The van der Waals surface area contributed by atoms with Crippen LogP contribution in [0, 0.1) is 11.8 Å². The van der Waals surface area contributed by atoms with Gasteiger partial charge >= 0.3 is 5.97 Å². The zero-order valence-corrected chi connectivity index (χ0v) is 7.55. The van der Waals surface area contributed by atoms with Crippen LogP contribution in [0.4, 0.5) is 0 Å². The van der Waals surface area contributed by atoms with E-state index in [1.54, 1.807) is 5.38 Å². The maximum absolute atomic E-state index is 10.6. The Morgan fingerprint density at radius 3 is 3.08 bits per heavy atom. The molecule has 0 atom stereocenters. The van der Waals surface area contributed by atoms with E-state index in [0.29, 0.717) is 17.0 Å². The Hall–Kier alpha value is -1.67. The second kappa shape index (κ2) is 4.38. The molecule has 0 radical (unpaired) electrons. The van der Waals surface area contributed by atoms with E-state index in [9.17, 15) is 9.59 Å². The van der Waals surface area contributed by atoms with Gasteiger partial charge < -0.3 is 4.74 Å². The summed E-state index contributed by atoms with van der Waals surface area (Å²) in [4.78, 5) is 24.6. The second-order valence-electron chi connectivity index (χ2n) is 1.94. The molecule has 1 heterocycles. The molecule has 0 N–H and O–H groups in total. The van der Waals surface area contributed by atoms with E-state index in [0.717, 1.165) is 0 Å². The van der Waals surface area contributed by atoms with Crippen molar-refractivity contribution >= 4 is 23.6 Å². The van der Waals surface area contributed by atoms with Gasteiger partial charge in [0.1, 0.15) is 5.69 Å². The van der Waals surface area contributed by atoms with Gasteiger partial charge in [0, 0.05) is 11.3 Å². The number of aldehydes is 1. The summed E-state index contributed by atoms with van der Waals surface area (Å²) < 4.78 is 4.30. The number of esters is 1. The first kappa shape index (κ1) is 9.42. The lowest BCUT2D eigenvalue weighted by molar-refractivity contribution is -0.133. The van der Waals surface area contributed by atoms with Crippen molar-refractivity contribution in [1.29, 1.82) is 0 Å².